The molecule has 2 N–H and O–H groups in total. The molecule has 4 nitrogen and oxygen atoms in total. The zero-order chi connectivity index (χ0) is 15.2. The van der Waals surface area contributed by atoms with E-state index in [0.29, 0.717) is 17.3 Å². The lowest BCUT2D eigenvalue weighted by Gasteiger charge is -2.24. The topological polar surface area (TPSA) is 44.4 Å². The minimum atomic E-state index is -0.259. The van der Waals surface area contributed by atoms with Crippen molar-refractivity contribution >= 4 is 34.7 Å². The quantitative estimate of drug-likeness (QED) is 0.878. The molecule has 0 saturated carbocycles. The summed E-state index contributed by atoms with van der Waals surface area (Å²) in [7, 11) is 3.99. The highest BCUT2D eigenvalue weighted by Crippen LogP contribution is 2.21. The first-order valence-corrected chi connectivity index (χ1v) is 7.88. The second-order valence-electron chi connectivity index (χ2n) is 4.85. The molecule has 1 aromatic heterocycles. The molecule has 0 bridgehead atoms. The summed E-state index contributed by atoms with van der Waals surface area (Å²) in [5, 5.41) is 10.3. The fraction of sp³-hybridized carbons (Fsp3) is 0.267. The van der Waals surface area contributed by atoms with E-state index in [-0.39, 0.29) is 12.1 Å². The van der Waals surface area contributed by atoms with Crippen LogP contribution in [-0.4, -0.2) is 31.6 Å². The van der Waals surface area contributed by atoms with Gasteiger partial charge in [0.2, 0.25) is 0 Å². The third-order valence-corrected chi connectivity index (χ3v) is 4.16. The second kappa shape index (κ2) is 7.45. The number of nitrogens with zero attached hydrogens (tertiary/aromatic N) is 1. The Morgan fingerprint density at radius 1 is 1.33 bits per heavy atom. The van der Waals surface area contributed by atoms with E-state index in [1.165, 1.54) is 5.56 Å². The molecule has 0 fully saturated rings. The largest absolute Gasteiger partial charge is 0.336 e. The van der Waals surface area contributed by atoms with Crippen LogP contribution in [0.1, 0.15) is 11.6 Å². The molecule has 0 aliphatic carbocycles. The Kier molecular flexibility index (Phi) is 5.61. The van der Waals surface area contributed by atoms with E-state index in [4.69, 9.17) is 11.6 Å². The van der Waals surface area contributed by atoms with Gasteiger partial charge in [-0.25, -0.2) is 4.79 Å². The molecule has 6 heteroatoms. The van der Waals surface area contributed by atoms with Crippen LogP contribution in [0.5, 0.6) is 0 Å². The molecule has 1 heterocycles. The first-order valence-electron chi connectivity index (χ1n) is 6.56. The van der Waals surface area contributed by atoms with Gasteiger partial charge >= 0.3 is 6.03 Å². The number of rotatable bonds is 5. The highest BCUT2D eigenvalue weighted by Gasteiger charge is 2.15. The van der Waals surface area contributed by atoms with E-state index in [1.807, 2.05) is 31.6 Å². The number of halogens is 1. The smallest absolute Gasteiger partial charge is 0.319 e. The van der Waals surface area contributed by atoms with E-state index in [2.05, 4.69) is 27.0 Å². The van der Waals surface area contributed by atoms with E-state index >= 15 is 0 Å². The summed E-state index contributed by atoms with van der Waals surface area (Å²) < 4.78 is 0. The van der Waals surface area contributed by atoms with Gasteiger partial charge in [0, 0.05) is 6.54 Å². The maximum atomic E-state index is 12.0. The molecule has 21 heavy (non-hydrogen) atoms. The molecule has 0 spiro atoms. The number of carbonyl (C=O) groups excluding carboxylic acids is 1. The van der Waals surface area contributed by atoms with Crippen molar-refractivity contribution in [2.75, 3.05) is 26.0 Å². The van der Waals surface area contributed by atoms with Crippen molar-refractivity contribution < 1.29 is 4.79 Å². The minimum Gasteiger partial charge on any atom is -0.336 e. The van der Waals surface area contributed by atoms with Gasteiger partial charge in [0.1, 0.15) is 0 Å². The third kappa shape index (κ3) is 4.46. The van der Waals surface area contributed by atoms with Gasteiger partial charge in [-0.2, -0.15) is 11.3 Å². The van der Waals surface area contributed by atoms with Crippen molar-refractivity contribution in [2.45, 2.75) is 6.04 Å². The number of benzene rings is 1. The van der Waals surface area contributed by atoms with Crippen LogP contribution >= 0.6 is 22.9 Å². The first kappa shape index (κ1) is 15.8. The number of nitrogens with one attached hydrogen (secondary N) is 2. The highest BCUT2D eigenvalue weighted by atomic mass is 35.5. The minimum absolute atomic E-state index is 0.147. The zero-order valence-corrected chi connectivity index (χ0v) is 13.5. The van der Waals surface area contributed by atoms with Gasteiger partial charge in [0.05, 0.1) is 16.8 Å². The number of hydrogen-bond acceptors (Lipinski definition) is 3. The van der Waals surface area contributed by atoms with Gasteiger partial charge in [-0.05, 0) is 48.6 Å². The summed E-state index contributed by atoms with van der Waals surface area (Å²) in [5.41, 5.74) is 1.80. The monoisotopic (exact) mass is 323 g/mol. The van der Waals surface area contributed by atoms with Gasteiger partial charge in [-0.3, -0.25) is 0 Å². The van der Waals surface area contributed by atoms with E-state index < -0.39 is 0 Å². The molecule has 2 amide bonds. The van der Waals surface area contributed by atoms with Gasteiger partial charge < -0.3 is 15.5 Å². The number of carbonyl (C=O) groups is 1. The number of amides is 2. The number of para-hydroxylation sites is 1. The predicted octanol–water partition coefficient (Wildman–Crippen LogP) is 3.83. The van der Waals surface area contributed by atoms with E-state index in [1.54, 1.807) is 23.5 Å². The molecule has 1 atom stereocenters. The lowest BCUT2D eigenvalue weighted by atomic mass is 10.1. The Bertz CT molecular complexity index is 586. The van der Waals surface area contributed by atoms with Crippen LogP contribution in [0.2, 0.25) is 5.02 Å². The number of anilines is 1. The summed E-state index contributed by atoms with van der Waals surface area (Å²) in [6.45, 7) is 0.528. The Labute approximate surface area is 133 Å². The van der Waals surface area contributed by atoms with Crippen LogP contribution in [0.25, 0.3) is 0 Å². The van der Waals surface area contributed by atoms with Crippen LogP contribution in [0.3, 0.4) is 0 Å². The van der Waals surface area contributed by atoms with Crippen LogP contribution in [0.4, 0.5) is 10.5 Å². The van der Waals surface area contributed by atoms with Gasteiger partial charge in [0.15, 0.2) is 0 Å². The molecular weight excluding hydrogens is 306 g/mol. The molecule has 2 aromatic rings. The Morgan fingerprint density at radius 3 is 2.71 bits per heavy atom. The van der Waals surface area contributed by atoms with Crippen LogP contribution in [0, 0.1) is 0 Å². The summed E-state index contributed by atoms with van der Waals surface area (Å²) in [6.07, 6.45) is 0. The molecule has 0 radical (unpaired) electrons. The molecule has 1 unspecified atom stereocenters. The van der Waals surface area contributed by atoms with Crippen LogP contribution in [-0.2, 0) is 0 Å². The van der Waals surface area contributed by atoms with Crippen molar-refractivity contribution in [3.63, 3.8) is 0 Å². The highest BCUT2D eigenvalue weighted by molar-refractivity contribution is 7.07. The average Bonchev–Trinajstić information content (AvgIpc) is 2.95. The Balaban J connectivity index is 1.92. The Morgan fingerprint density at radius 2 is 2.10 bits per heavy atom. The number of hydrogen-bond donors (Lipinski definition) is 2. The molecule has 0 aliphatic rings. The lowest BCUT2D eigenvalue weighted by Crippen LogP contribution is -2.36. The van der Waals surface area contributed by atoms with Crippen molar-refractivity contribution in [3.05, 3.63) is 51.7 Å². The SMILES string of the molecule is CN(C)C(CNC(=O)Nc1ccccc1Cl)c1ccsc1. The fourth-order valence-corrected chi connectivity index (χ4v) is 2.87. The van der Waals surface area contributed by atoms with Crippen LogP contribution < -0.4 is 10.6 Å². The third-order valence-electron chi connectivity index (χ3n) is 3.13. The summed E-state index contributed by atoms with van der Waals surface area (Å²) in [4.78, 5) is 14.0. The zero-order valence-electron chi connectivity index (χ0n) is 12.0. The number of thiophene rings is 1. The van der Waals surface area contributed by atoms with Gasteiger partial charge in [-0.1, -0.05) is 23.7 Å². The van der Waals surface area contributed by atoms with E-state index in [0.717, 1.165) is 0 Å². The van der Waals surface area contributed by atoms with E-state index in [9.17, 15) is 4.79 Å². The standard InChI is InChI=1S/C15H18ClN3OS/c1-19(2)14(11-7-8-21-10-11)9-17-15(20)18-13-6-4-3-5-12(13)16/h3-8,10,14H,9H2,1-2H3,(H2,17,18,20). The Hall–Kier alpha value is -1.56. The maximum Gasteiger partial charge on any atom is 0.319 e. The number of urea groups is 1. The maximum absolute atomic E-state index is 12.0. The van der Waals surface area contributed by atoms with Crippen LogP contribution in [0.15, 0.2) is 41.1 Å². The molecule has 0 saturated heterocycles. The molecule has 0 aliphatic heterocycles. The molecule has 2 rings (SSSR count). The van der Waals surface area contributed by atoms with Crippen molar-refractivity contribution in [1.29, 1.82) is 0 Å². The van der Waals surface area contributed by atoms with Crippen molar-refractivity contribution in [3.8, 4) is 0 Å². The molecule has 1 aromatic carbocycles. The van der Waals surface area contributed by atoms with Gasteiger partial charge in [0.25, 0.3) is 0 Å². The molecule has 112 valence electrons. The number of likely N-dealkylation sites (N-methyl/N-ethyl adjacent to an activating group) is 1. The fourth-order valence-electron chi connectivity index (χ4n) is 1.98. The second-order valence-corrected chi connectivity index (χ2v) is 6.04. The van der Waals surface area contributed by atoms with Crippen molar-refractivity contribution in [1.82, 2.24) is 10.2 Å². The predicted molar refractivity (Wildman–Crippen MR) is 89.2 cm³/mol. The first-order chi connectivity index (χ1) is 10.1. The summed E-state index contributed by atoms with van der Waals surface area (Å²) in [6, 6.07) is 9.12. The summed E-state index contributed by atoms with van der Waals surface area (Å²) in [5.74, 6) is 0. The lowest BCUT2D eigenvalue weighted by molar-refractivity contribution is 0.243. The summed E-state index contributed by atoms with van der Waals surface area (Å²) >= 11 is 7.67. The van der Waals surface area contributed by atoms with Crippen molar-refractivity contribution in [2.24, 2.45) is 0 Å². The normalized spacial score (nSPS) is 12.2. The molecular formula is C15H18ClN3OS. The van der Waals surface area contributed by atoms with Gasteiger partial charge in [-0.15, -0.1) is 0 Å². The average molecular weight is 324 g/mol.